The van der Waals surface area contributed by atoms with E-state index in [1.807, 2.05) is 19.1 Å². The number of benzene rings is 1. The van der Waals surface area contributed by atoms with Crippen molar-refractivity contribution < 1.29 is 9.13 Å². The SMILES string of the molecule is C=CC(C)CCC(C)C(C)/C=C\C(C)COc1ccc(C)cc1F. The lowest BCUT2D eigenvalue weighted by Gasteiger charge is -2.18. The first-order valence-electron chi connectivity index (χ1n) is 9.03. The molecule has 1 aromatic carbocycles. The molecule has 0 heterocycles. The fourth-order valence-corrected chi connectivity index (χ4v) is 2.46. The van der Waals surface area contributed by atoms with Crippen LogP contribution < -0.4 is 4.74 Å². The Morgan fingerprint density at radius 1 is 1.08 bits per heavy atom. The molecule has 24 heavy (non-hydrogen) atoms. The van der Waals surface area contributed by atoms with Crippen molar-refractivity contribution in [1.29, 1.82) is 0 Å². The minimum Gasteiger partial charge on any atom is -0.490 e. The lowest BCUT2D eigenvalue weighted by Crippen LogP contribution is -2.10. The van der Waals surface area contributed by atoms with Gasteiger partial charge in [-0.1, -0.05) is 52.0 Å². The zero-order chi connectivity index (χ0) is 18.1. The Morgan fingerprint density at radius 3 is 2.42 bits per heavy atom. The van der Waals surface area contributed by atoms with Gasteiger partial charge in [-0.15, -0.1) is 6.58 Å². The predicted octanol–water partition coefficient (Wildman–Crippen LogP) is 6.58. The molecule has 1 nitrogen and oxygen atoms in total. The van der Waals surface area contributed by atoms with Gasteiger partial charge in [0.05, 0.1) is 6.61 Å². The standard InChI is InChI=1S/C22H33FO/c1-7-16(2)8-11-19(5)20(6)12-9-18(4)15-24-22-13-10-17(3)14-21(22)23/h7,9-10,12-14,16,18-20H,1,8,11,15H2,2-6H3/b12-9-. The van der Waals surface area contributed by atoms with Gasteiger partial charge in [0.1, 0.15) is 0 Å². The highest BCUT2D eigenvalue weighted by Gasteiger charge is 2.11. The Hall–Kier alpha value is -1.57. The molecule has 4 atom stereocenters. The summed E-state index contributed by atoms with van der Waals surface area (Å²) in [6, 6.07) is 5.07. The molecule has 0 aromatic heterocycles. The largest absolute Gasteiger partial charge is 0.490 e. The Balaban J connectivity index is 2.41. The summed E-state index contributed by atoms with van der Waals surface area (Å²) in [6.07, 6.45) is 8.87. The molecule has 0 fully saturated rings. The van der Waals surface area contributed by atoms with Crippen LogP contribution in [0.15, 0.2) is 43.0 Å². The van der Waals surface area contributed by atoms with Crippen molar-refractivity contribution in [2.24, 2.45) is 23.7 Å². The zero-order valence-electron chi connectivity index (χ0n) is 15.9. The third-order valence-corrected chi connectivity index (χ3v) is 4.71. The summed E-state index contributed by atoms with van der Waals surface area (Å²) >= 11 is 0. The van der Waals surface area contributed by atoms with Gasteiger partial charge in [0, 0.05) is 5.92 Å². The van der Waals surface area contributed by atoms with E-state index in [1.54, 1.807) is 6.07 Å². The lowest BCUT2D eigenvalue weighted by molar-refractivity contribution is 0.271. The maximum atomic E-state index is 13.7. The summed E-state index contributed by atoms with van der Waals surface area (Å²) in [4.78, 5) is 0. The average molecular weight is 333 g/mol. The van der Waals surface area contributed by atoms with E-state index in [0.29, 0.717) is 30.1 Å². The van der Waals surface area contributed by atoms with Crippen LogP contribution >= 0.6 is 0 Å². The van der Waals surface area contributed by atoms with Crippen molar-refractivity contribution >= 4 is 0 Å². The van der Waals surface area contributed by atoms with Crippen LogP contribution in [0.5, 0.6) is 5.75 Å². The quantitative estimate of drug-likeness (QED) is 0.440. The summed E-state index contributed by atoms with van der Waals surface area (Å²) in [5, 5.41) is 0. The first-order valence-corrected chi connectivity index (χ1v) is 9.03. The maximum Gasteiger partial charge on any atom is 0.165 e. The van der Waals surface area contributed by atoms with E-state index >= 15 is 0 Å². The molecule has 1 aromatic rings. The van der Waals surface area contributed by atoms with Crippen LogP contribution in [-0.2, 0) is 0 Å². The van der Waals surface area contributed by atoms with E-state index < -0.39 is 0 Å². The first-order chi connectivity index (χ1) is 11.3. The molecule has 0 aliphatic heterocycles. The van der Waals surface area contributed by atoms with Gasteiger partial charge >= 0.3 is 0 Å². The molecule has 0 amide bonds. The molecular weight excluding hydrogens is 299 g/mol. The third kappa shape index (κ3) is 7.33. The van der Waals surface area contributed by atoms with Gasteiger partial charge in [-0.3, -0.25) is 0 Å². The Kier molecular flexibility index (Phi) is 8.81. The molecule has 0 saturated carbocycles. The molecule has 0 saturated heterocycles. The Bertz CT molecular complexity index is 535. The minimum atomic E-state index is -0.287. The molecule has 0 spiro atoms. The van der Waals surface area contributed by atoms with Crippen LogP contribution in [0.25, 0.3) is 0 Å². The topological polar surface area (TPSA) is 9.23 Å². The molecule has 0 aliphatic carbocycles. The normalized spacial score (nSPS) is 16.6. The van der Waals surface area contributed by atoms with Crippen molar-refractivity contribution in [3.05, 3.63) is 54.4 Å². The highest BCUT2D eigenvalue weighted by molar-refractivity contribution is 5.28. The second-order valence-corrected chi connectivity index (χ2v) is 7.23. The van der Waals surface area contributed by atoms with Gasteiger partial charge in [-0.2, -0.15) is 0 Å². The number of allylic oxidation sites excluding steroid dienone is 2. The van der Waals surface area contributed by atoms with Gasteiger partial charge in [-0.25, -0.2) is 4.39 Å². The number of aryl methyl sites for hydroxylation is 1. The molecule has 1 rings (SSSR count). The molecule has 0 N–H and O–H groups in total. The summed E-state index contributed by atoms with van der Waals surface area (Å²) in [5.41, 5.74) is 0.904. The van der Waals surface area contributed by atoms with Crippen LogP contribution in [0, 0.1) is 36.4 Å². The van der Waals surface area contributed by atoms with E-state index in [9.17, 15) is 4.39 Å². The summed E-state index contributed by atoms with van der Waals surface area (Å²) in [7, 11) is 0. The monoisotopic (exact) mass is 332 g/mol. The fraction of sp³-hybridized carbons (Fsp3) is 0.545. The van der Waals surface area contributed by atoms with E-state index in [4.69, 9.17) is 4.74 Å². The van der Waals surface area contributed by atoms with Crippen molar-refractivity contribution in [3.8, 4) is 5.75 Å². The number of hydrogen-bond acceptors (Lipinski definition) is 1. The van der Waals surface area contributed by atoms with Crippen LogP contribution in [-0.4, -0.2) is 6.61 Å². The van der Waals surface area contributed by atoms with Crippen molar-refractivity contribution in [3.63, 3.8) is 0 Å². The molecule has 4 unspecified atom stereocenters. The predicted molar refractivity (Wildman–Crippen MR) is 102 cm³/mol. The Labute approximate surface area is 147 Å². The molecule has 0 radical (unpaired) electrons. The van der Waals surface area contributed by atoms with Gasteiger partial charge in [0.25, 0.3) is 0 Å². The van der Waals surface area contributed by atoms with Crippen molar-refractivity contribution in [2.75, 3.05) is 6.61 Å². The van der Waals surface area contributed by atoms with Crippen LogP contribution in [0.1, 0.15) is 46.1 Å². The summed E-state index contributed by atoms with van der Waals surface area (Å²) in [6.45, 7) is 15.1. The number of rotatable bonds is 10. The van der Waals surface area contributed by atoms with Crippen molar-refractivity contribution in [2.45, 2.75) is 47.5 Å². The summed E-state index contributed by atoms with van der Waals surface area (Å²) < 4.78 is 19.4. The summed E-state index contributed by atoms with van der Waals surface area (Å²) in [5.74, 6) is 2.06. The fourth-order valence-electron chi connectivity index (χ4n) is 2.46. The van der Waals surface area contributed by atoms with Gasteiger partial charge in [0.2, 0.25) is 0 Å². The first kappa shape index (κ1) is 20.5. The van der Waals surface area contributed by atoms with Crippen molar-refractivity contribution in [1.82, 2.24) is 0 Å². The van der Waals surface area contributed by atoms with Crippen LogP contribution in [0.4, 0.5) is 4.39 Å². The third-order valence-electron chi connectivity index (χ3n) is 4.71. The number of hydrogen-bond donors (Lipinski definition) is 0. The molecular formula is C22H33FO. The average Bonchev–Trinajstić information content (AvgIpc) is 2.56. The second kappa shape index (κ2) is 10.3. The Morgan fingerprint density at radius 2 is 1.79 bits per heavy atom. The lowest BCUT2D eigenvalue weighted by atomic mass is 9.88. The molecule has 0 bridgehead atoms. The molecule has 134 valence electrons. The van der Waals surface area contributed by atoms with Gasteiger partial charge < -0.3 is 4.74 Å². The number of ether oxygens (including phenoxy) is 1. The highest BCUT2D eigenvalue weighted by atomic mass is 19.1. The molecule has 2 heteroatoms. The van der Waals surface area contributed by atoms with E-state index in [-0.39, 0.29) is 11.7 Å². The second-order valence-electron chi connectivity index (χ2n) is 7.23. The molecule has 0 aliphatic rings. The van der Waals surface area contributed by atoms with Gasteiger partial charge in [-0.05, 0) is 55.2 Å². The zero-order valence-corrected chi connectivity index (χ0v) is 15.9. The van der Waals surface area contributed by atoms with Crippen LogP contribution in [0.3, 0.4) is 0 Å². The maximum absolute atomic E-state index is 13.7. The van der Waals surface area contributed by atoms with E-state index in [0.717, 1.165) is 5.56 Å². The number of halogens is 1. The van der Waals surface area contributed by atoms with Gasteiger partial charge in [0.15, 0.2) is 11.6 Å². The van der Waals surface area contributed by atoms with Crippen LogP contribution in [0.2, 0.25) is 0 Å². The minimum absolute atomic E-state index is 0.257. The van der Waals surface area contributed by atoms with E-state index in [1.165, 1.54) is 18.9 Å². The smallest absolute Gasteiger partial charge is 0.165 e. The van der Waals surface area contributed by atoms with E-state index in [2.05, 4.69) is 46.4 Å². The highest BCUT2D eigenvalue weighted by Crippen LogP contribution is 2.22.